The Bertz CT molecular complexity index is 724. The van der Waals surface area contributed by atoms with Crippen molar-refractivity contribution >= 4 is 29.7 Å². The van der Waals surface area contributed by atoms with Gasteiger partial charge in [-0.1, -0.05) is 34.1 Å². The largest absolute Gasteiger partial charge is 0.480 e. The van der Waals surface area contributed by atoms with Crippen molar-refractivity contribution in [3.8, 4) is 0 Å². The van der Waals surface area contributed by atoms with E-state index in [2.05, 4.69) is 20.9 Å². The maximum Gasteiger partial charge on any atom is 0.328 e. The van der Waals surface area contributed by atoms with E-state index in [1.807, 2.05) is 13.8 Å². The molecule has 13 nitrogen and oxygen atoms in total. The topological polar surface area (TPSA) is 235 Å². The lowest BCUT2D eigenvalue weighted by atomic mass is 9.98. The third-order valence-corrected chi connectivity index (χ3v) is 5.43. The highest BCUT2D eigenvalue weighted by molar-refractivity contribution is 5.94. The smallest absolute Gasteiger partial charge is 0.328 e. The predicted octanol–water partition coefficient (Wildman–Crippen LogP) is -2.01. The summed E-state index contributed by atoms with van der Waals surface area (Å²) < 4.78 is 0. The number of aliphatic imine (C=N–C) groups is 1. The number of nitrogens with zero attached hydrogens (tertiary/aromatic N) is 1. The summed E-state index contributed by atoms with van der Waals surface area (Å²) in [5.41, 5.74) is 16.6. The maximum absolute atomic E-state index is 13.0. The molecular formula is C21H41N7O6. The van der Waals surface area contributed by atoms with Gasteiger partial charge in [-0.3, -0.25) is 19.4 Å². The van der Waals surface area contributed by atoms with Crippen molar-refractivity contribution in [3.63, 3.8) is 0 Å². The molecule has 0 aliphatic heterocycles. The second-order valence-corrected chi connectivity index (χ2v) is 8.72. The van der Waals surface area contributed by atoms with Crippen molar-refractivity contribution in [2.45, 2.75) is 84.2 Å². The summed E-state index contributed by atoms with van der Waals surface area (Å²) in [5.74, 6) is -4.00. The average molecular weight is 488 g/mol. The summed E-state index contributed by atoms with van der Waals surface area (Å²) in [6, 6.07) is -4.52. The number of hydrogen-bond acceptors (Lipinski definition) is 7. The van der Waals surface area contributed by atoms with Gasteiger partial charge < -0.3 is 43.4 Å². The minimum atomic E-state index is -1.55. The van der Waals surface area contributed by atoms with Crippen LogP contribution in [0, 0.1) is 11.8 Å². The molecule has 196 valence electrons. The molecule has 11 N–H and O–H groups in total. The van der Waals surface area contributed by atoms with E-state index in [4.69, 9.17) is 17.2 Å². The van der Waals surface area contributed by atoms with Crippen molar-refractivity contribution in [3.05, 3.63) is 0 Å². The number of guanidine groups is 1. The van der Waals surface area contributed by atoms with E-state index < -0.39 is 59.9 Å². The van der Waals surface area contributed by atoms with Crippen LogP contribution in [0.5, 0.6) is 0 Å². The van der Waals surface area contributed by atoms with Crippen molar-refractivity contribution in [2.24, 2.45) is 34.0 Å². The Kier molecular flexibility index (Phi) is 13.8. The van der Waals surface area contributed by atoms with Gasteiger partial charge in [0.05, 0.1) is 12.1 Å². The first-order chi connectivity index (χ1) is 15.7. The van der Waals surface area contributed by atoms with Crippen molar-refractivity contribution in [1.29, 1.82) is 0 Å². The molecule has 0 aromatic carbocycles. The van der Waals surface area contributed by atoms with Gasteiger partial charge in [0.15, 0.2) is 12.0 Å². The number of hydrogen-bond donors (Lipinski definition) is 8. The molecule has 0 aliphatic carbocycles. The van der Waals surface area contributed by atoms with Crippen LogP contribution in [0.3, 0.4) is 0 Å². The fourth-order valence-corrected chi connectivity index (χ4v) is 2.97. The summed E-state index contributed by atoms with van der Waals surface area (Å²) in [4.78, 5) is 53.5. The number of nitrogens with one attached hydrogen (secondary N) is 3. The van der Waals surface area contributed by atoms with Gasteiger partial charge >= 0.3 is 5.97 Å². The van der Waals surface area contributed by atoms with Gasteiger partial charge in [-0.15, -0.1) is 0 Å². The third-order valence-electron chi connectivity index (χ3n) is 5.43. The van der Waals surface area contributed by atoms with Crippen LogP contribution in [0.15, 0.2) is 4.99 Å². The van der Waals surface area contributed by atoms with Crippen LogP contribution in [0.2, 0.25) is 0 Å². The molecule has 0 saturated carbocycles. The summed E-state index contributed by atoms with van der Waals surface area (Å²) in [6.45, 7) is 8.48. The molecule has 6 atom stereocenters. The minimum Gasteiger partial charge on any atom is -0.480 e. The number of carbonyl (C=O) groups excluding carboxylic acids is 3. The van der Waals surface area contributed by atoms with E-state index in [0.29, 0.717) is 12.8 Å². The number of aliphatic carboxylic acids is 1. The molecule has 0 aromatic rings. The average Bonchev–Trinajstić information content (AvgIpc) is 2.75. The van der Waals surface area contributed by atoms with E-state index in [1.54, 1.807) is 13.8 Å². The second kappa shape index (κ2) is 15.1. The summed E-state index contributed by atoms with van der Waals surface area (Å²) in [7, 11) is 0. The zero-order valence-electron chi connectivity index (χ0n) is 20.6. The summed E-state index contributed by atoms with van der Waals surface area (Å²) >= 11 is 0. The molecule has 0 bridgehead atoms. The first kappa shape index (κ1) is 31.1. The van der Waals surface area contributed by atoms with Crippen molar-refractivity contribution in [1.82, 2.24) is 16.0 Å². The van der Waals surface area contributed by atoms with Crippen LogP contribution in [-0.4, -0.2) is 76.7 Å². The van der Waals surface area contributed by atoms with E-state index in [-0.39, 0.29) is 24.8 Å². The zero-order chi connectivity index (χ0) is 26.6. The van der Waals surface area contributed by atoms with Gasteiger partial charge in [-0.05, 0) is 31.6 Å². The number of aliphatic hydroxyl groups excluding tert-OH is 1. The minimum absolute atomic E-state index is 0.105. The predicted molar refractivity (Wildman–Crippen MR) is 127 cm³/mol. The molecule has 0 spiro atoms. The SMILES string of the molecule is CCC(C)C(N)C(=O)NC(CCCN=C(N)N)C(=O)NC(C(=O)NC(C(=O)O)C(C)O)C(C)C. The first-order valence-electron chi connectivity index (χ1n) is 11.4. The Morgan fingerprint density at radius 2 is 1.47 bits per heavy atom. The quantitative estimate of drug-likeness (QED) is 0.0722. The van der Waals surface area contributed by atoms with Crippen molar-refractivity contribution in [2.75, 3.05) is 6.54 Å². The highest BCUT2D eigenvalue weighted by Crippen LogP contribution is 2.09. The van der Waals surface area contributed by atoms with E-state index in [9.17, 15) is 29.4 Å². The molecule has 0 heterocycles. The fourth-order valence-electron chi connectivity index (χ4n) is 2.97. The monoisotopic (exact) mass is 487 g/mol. The van der Waals surface area contributed by atoms with E-state index in [1.165, 1.54) is 6.92 Å². The molecular weight excluding hydrogens is 446 g/mol. The van der Waals surface area contributed by atoms with E-state index >= 15 is 0 Å². The zero-order valence-corrected chi connectivity index (χ0v) is 20.6. The van der Waals surface area contributed by atoms with E-state index in [0.717, 1.165) is 0 Å². The standard InChI is InChI=1S/C21H41N7O6/c1-6-11(4)14(22)18(31)26-13(8-7-9-25-21(23)24)17(30)27-15(10(2)3)19(32)28-16(12(5)29)20(33)34/h10-16,29H,6-9,22H2,1-5H3,(H,26,31)(H,27,30)(H,28,32)(H,33,34)(H4,23,24,25). The number of carboxylic acid groups (broad SMARTS) is 1. The Morgan fingerprint density at radius 1 is 0.912 bits per heavy atom. The number of rotatable bonds is 15. The molecule has 34 heavy (non-hydrogen) atoms. The summed E-state index contributed by atoms with van der Waals surface area (Å²) in [6.07, 6.45) is -0.162. The number of nitrogens with two attached hydrogens (primary N) is 3. The molecule has 0 radical (unpaired) electrons. The number of carbonyl (C=O) groups is 4. The van der Waals surface area contributed by atoms with Gasteiger partial charge in [-0.2, -0.15) is 0 Å². The molecule has 3 amide bonds. The van der Waals surface area contributed by atoms with Crippen LogP contribution in [0.25, 0.3) is 0 Å². The molecule has 0 saturated heterocycles. The van der Waals surface area contributed by atoms with Gasteiger partial charge in [0, 0.05) is 6.54 Å². The normalized spacial score (nSPS) is 16.4. The number of aliphatic hydroxyl groups is 1. The molecule has 0 rings (SSSR count). The van der Waals surface area contributed by atoms with Gasteiger partial charge in [0.2, 0.25) is 17.7 Å². The number of amides is 3. The lowest BCUT2D eigenvalue weighted by Gasteiger charge is -2.28. The molecule has 13 heteroatoms. The highest BCUT2D eigenvalue weighted by atomic mass is 16.4. The fraction of sp³-hybridized carbons (Fsp3) is 0.762. The Hall–Kier alpha value is -2.93. The van der Waals surface area contributed by atoms with Crippen LogP contribution in [0.4, 0.5) is 0 Å². The Morgan fingerprint density at radius 3 is 1.91 bits per heavy atom. The molecule has 0 aromatic heterocycles. The van der Waals surface area contributed by atoms with Crippen LogP contribution in [-0.2, 0) is 19.2 Å². The molecule has 0 aliphatic rings. The highest BCUT2D eigenvalue weighted by Gasteiger charge is 2.33. The second-order valence-electron chi connectivity index (χ2n) is 8.72. The first-order valence-corrected chi connectivity index (χ1v) is 11.4. The van der Waals surface area contributed by atoms with Crippen LogP contribution >= 0.6 is 0 Å². The maximum atomic E-state index is 13.0. The Balaban J connectivity index is 5.56. The summed E-state index contributed by atoms with van der Waals surface area (Å²) in [5, 5.41) is 26.3. The van der Waals surface area contributed by atoms with Gasteiger partial charge in [-0.25, -0.2) is 4.79 Å². The molecule has 0 fully saturated rings. The van der Waals surface area contributed by atoms with Crippen LogP contribution < -0.4 is 33.2 Å². The Labute approximate surface area is 200 Å². The molecule has 6 unspecified atom stereocenters. The lowest BCUT2D eigenvalue weighted by Crippen LogP contribution is -2.59. The third kappa shape index (κ3) is 10.8. The van der Waals surface area contributed by atoms with Crippen molar-refractivity contribution < 1.29 is 29.4 Å². The van der Waals surface area contributed by atoms with Crippen LogP contribution in [0.1, 0.15) is 53.9 Å². The van der Waals surface area contributed by atoms with Gasteiger partial charge in [0.25, 0.3) is 0 Å². The number of carboxylic acids is 1. The van der Waals surface area contributed by atoms with Gasteiger partial charge in [0.1, 0.15) is 12.1 Å². The lowest BCUT2D eigenvalue weighted by molar-refractivity contribution is -0.145.